The zero-order valence-corrected chi connectivity index (χ0v) is 17.4. The Morgan fingerprint density at radius 2 is 1.96 bits per heavy atom. The fourth-order valence-electron chi connectivity index (χ4n) is 2.58. The molecule has 0 spiro atoms. The van der Waals surface area contributed by atoms with E-state index in [0.717, 1.165) is 15.6 Å². The molecule has 0 fully saturated rings. The lowest BCUT2D eigenvalue weighted by atomic mass is 10.1. The van der Waals surface area contributed by atoms with Crippen LogP contribution in [0.3, 0.4) is 0 Å². The third kappa shape index (κ3) is 4.37. The Morgan fingerprint density at radius 1 is 1.19 bits per heavy atom. The lowest BCUT2D eigenvalue weighted by molar-refractivity contribution is 0.376. The largest absolute Gasteiger partial charge is 0.496 e. The van der Waals surface area contributed by atoms with Crippen molar-refractivity contribution in [3.8, 4) is 17.1 Å². The van der Waals surface area contributed by atoms with Crippen LogP contribution in [0.15, 0.2) is 50.3 Å². The average Bonchev–Trinajstić information content (AvgIpc) is 3.11. The fourth-order valence-corrected chi connectivity index (χ4v) is 4.26. The molecule has 142 valence electrons. The molecular formula is C18H18BrN3O4S. The maximum atomic E-state index is 12.7. The molecule has 0 amide bonds. The van der Waals surface area contributed by atoms with Crippen molar-refractivity contribution in [3.63, 3.8) is 0 Å². The van der Waals surface area contributed by atoms with E-state index in [2.05, 4.69) is 30.8 Å². The number of halogens is 1. The van der Waals surface area contributed by atoms with Crippen LogP contribution in [-0.4, -0.2) is 25.7 Å². The van der Waals surface area contributed by atoms with Gasteiger partial charge in [-0.1, -0.05) is 33.2 Å². The molecule has 0 bridgehead atoms. The Kier molecular flexibility index (Phi) is 5.64. The highest BCUT2D eigenvalue weighted by Gasteiger charge is 2.20. The van der Waals surface area contributed by atoms with E-state index in [1.807, 2.05) is 24.3 Å². The first kappa shape index (κ1) is 19.5. The molecule has 0 aliphatic carbocycles. The quantitative estimate of drug-likeness (QED) is 0.614. The molecule has 0 aliphatic heterocycles. The second-order valence-corrected chi connectivity index (χ2v) is 8.58. The Balaban J connectivity index is 1.78. The SMILES string of the molecule is COc1cc(C)c(S(=O)(=O)NCc2nc(-c3cccc(Br)c3)no2)cc1C. The third-order valence-electron chi connectivity index (χ3n) is 3.95. The Hall–Kier alpha value is -2.23. The zero-order valence-electron chi connectivity index (χ0n) is 15.0. The van der Waals surface area contributed by atoms with Gasteiger partial charge in [0.05, 0.1) is 18.6 Å². The van der Waals surface area contributed by atoms with Gasteiger partial charge in [0, 0.05) is 10.0 Å². The standard InChI is InChI=1S/C18H18BrN3O4S/c1-11-8-16(12(2)7-15(11)25-3)27(23,24)20-10-17-21-18(22-26-17)13-5-4-6-14(19)9-13/h4-9,20H,10H2,1-3H3. The van der Waals surface area contributed by atoms with Gasteiger partial charge in [-0.15, -0.1) is 0 Å². The van der Waals surface area contributed by atoms with Crippen LogP contribution in [0.5, 0.6) is 5.75 Å². The van der Waals surface area contributed by atoms with Gasteiger partial charge in [-0.3, -0.25) is 0 Å². The van der Waals surface area contributed by atoms with Crippen molar-refractivity contribution in [2.45, 2.75) is 25.3 Å². The number of benzene rings is 2. The van der Waals surface area contributed by atoms with Crippen molar-refractivity contribution >= 4 is 26.0 Å². The van der Waals surface area contributed by atoms with Crippen molar-refractivity contribution in [1.82, 2.24) is 14.9 Å². The van der Waals surface area contributed by atoms with Gasteiger partial charge in [0.2, 0.25) is 21.7 Å². The predicted octanol–water partition coefficient (Wildman–Crippen LogP) is 3.60. The van der Waals surface area contributed by atoms with Gasteiger partial charge in [-0.05, 0) is 49.2 Å². The van der Waals surface area contributed by atoms with Crippen LogP contribution in [0.1, 0.15) is 17.0 Å². The molecule has 0 unspecified atom stereocenters. The first-order valence-electron chi connectivity index (χ1n) is 8.03. The summed E-state index contributed by atoms with van der Waals surface area (Å²) in [4.78, 5) is 4.43. The molecule has 3 rings (SSSR count). The van der Waals surface area contributed by atoms with E-state index in [0.29, 0.717) is 17.1 Å². The van der Waals surface area contributed by atoms with E-state index < -0.39 is 10.0 Å². The molecule has 1 heterocycles. The maximum absolute atomic E-state index is 12.7. The van der Waals surface area contributed by atoms with Crippen molar-refractivity contribution in [3.05, 3.63) is 57.9 Å². The number of hydrogen-bond acceptors (Lipinski definition) is 6. The minimum Gasteiger partial charge on any atom is -0.496 e. The summed E-state index contributed by atoms with van der Waals surface area (Å²) in [5.41, 5.74) is 2.09. The molecular weight excluding hydrogens is 434 g/mol. The first-order valence-corrected chi connectivity index (χ1v) is 10.3. The summed E-state index contributed by atoms with van der Waals surface area (Å²) in [5, 5.41) is 3.90. The average molecular weight is 452 g/mol. The fraction of sp³-hybridized carbons (Fsp3) is 0.222. The van der Waals surface area contributed by atoms with E-state index in [1.54, 1.807) is 33.1 Å². The summed E-state index contributed by atoms with van der Waals surface area (Å²) in [7, 11) is -2.19. The minimum atomic E-state index is -3.74. The van der Waals surface area contributed by atoms with Crippen LogP contribution >= 0.6 is 15.9 Å². The Morgan fingerprint density at radius 3 is 2.67 bits per heavy atom. The number of nitrogens with one attached hydrogen (secondary N) is 1. The Labute approximate surface area is 165 Å². The number of rotatable bonds is 6. The summed E-state index contributed by atoms with van der Waals surface area (Å²) >= 11 is 3.38. The van der Waals surface area contributed by atoms with E-state index in [4.69, 9.17) is 9.26 Å². The molecule has 9 heteroatoms. The van der Waals surface area contributed by atoms with E-state index in [-0.39, 0.29) is 17.3 Å². The van der Waals surface area contributed by atoms with Crippen molar-refractivity contribution in [2.24, 2.45) is 0 Å². The van der Waals surface area contributed by atoms with Crippen LogP contribution in [0, 0.1) is 13.8 Å². The predicted molar refractivity (Wildman–Crippen MR) is 104 cm³/mol. The minimum absolute atomic E-state index is 0.103. The lowest BCUT2D eigenvalue weighted by Gasteiger charge is -2.12. The van der Waals surface area contributed by atoms with Crippen molar-refractivity contribution in [2.75, 3.05) is 7.11 Å². The van der Waals surface area contributed by atoms with Crippen molar-refractivity contribution in [1.29, 1.82) is 0 Å². The summed E-state index contributed by atoms with van der Waals surface area (Å²) in [5.74, 6) is 1.21. The van der Waals surface area contributed by atoms with Crippen LogP contribution in [0.25, 0.3) is 11.4 Å². The molecule has 1 aromatic heterocycles. The highest BCUT2D eigenvalue weighted by molar-refractivity contribution is 9.10. The summed E-state index contributed by atoms with van der Waals surface area (Å²) < 4.78 is 39.1. The molecule has 0 atom stereocenters. The molecule has 1 N–H and O–H groups in total. The number of aryl methyl sites for hydroxylation is 2. The van der Waals surface area contributed by atoms with Gasteiger partial charge in [0.15, 0.2) is 0 Å². The Bertz CT molecular complexity index is 1080. The van der Waals surface area contributed by atoms with Gasteiger partial charge in [-0.25, -0.2) is 13.1 Å². The lowest BCUT2D eigenvalue weighted by Crippen LogP contribution is -2.24. The molecule has 2 aromatic carbocycles. The molecule has 27 heavy (non-hydrogen) atoms. The van der Waals surface area contributed by atoms with E-state index in [1.165, 1.54) is 0 Å². The van der Waals surface area contributed by atoms with Gasteiger partial charge >= 0.3 is 0 Å². The highest BCUT2D eigenvalue weighted by Crippen LogP contribution is 2.26. The number of hydrogen-bond donors (Lipinski definition) is 1. The van der Waals surface area contributed by atoms with Gasteiger partial charge in [0.1, 0.15) is 5.75 Å². The van der Waals surface area contributed by atoms with Crippen LogP contribution < -0.4 is 9.46 Å². The molecule has 0 saturated carbocycles. The first-order chi connectivity index (χ1) is 12.8. The van der Waals surface area contributed by atoms with E-state index >= 15 is 0 Å². The summed E-state index contributed by atoms with van der Waals surface area (Å²) in [6.07, 6.45) is 0. The third-order valence-corrected chi connectivity index (χ3v) is 5.98. The molecule has 3 aromatic rings. The number of nitrogens with zero attached hydrogens (tertiary/aromatic N) is 2. The van der Waals surface area contributed by atoms with Gasteiger partial charge < -0.3 is 9.26 Å². The second kappa shape index (κ2) is 7.79. The summed E-state index contributed by atoms with van der Waals surface area (Å²) in [6, 6.07) is 10.7. The molecule has 7 nitrogen and oxygen atoms in total. The topological polar surface area (TPSA) is 94.3 Å². The normalized spacial score (nSPS) is 11.6. The molecule has 0 saturated heterocycles. The molecule has 0 radical (unpaired) electrons. The van der Waals surface area contributed by atoms with Gasteiger partial charge in [0.25, 0.3) is 0 Å². The number of methoxy groups -OCH3 is 1. The number of sulfonamides is 1. The van der Waals surface area contributed by atoms with Crippen LogP contribution in [0.2, 0.25) is 0 Å². The van der Waals surface area contributed by atoms with Gasteiger partial charge in [-0.2, -0.15) is 4.98 Å². The summed E-state index contributed by atoms with van der Waals surface area (Å²) in [6.45, 7) is 3.40. The monoisotopic (exact) mass is 451 g/mol. The number of ether oxygens (including phenoxy) is 1. The number of aromatic nitrogens is 2. The zero-order chi connectivity index (χ0) is 19.6. The van der Waals surface area contributed by atoms with E-state index in [9.17, 15) is 8.42 Å². The van der Waals surface area contributed by atoms with Crippen LogP contribution in [0.4, 0.5) is 0 Å². The van der Waals surface area contributed by atoms with Crippen molar-refractivity contribution < 1.29 is 17.7 Å². The highest BCUT2D eigenvalue weighted by atomic mass is 79.9. The van der Waals surface area contributed by atoms with Crippen LogP contribution in [-0.2, 0) is 16.6 Å². The molecule has 0 aliphatic rings. The maximum Gasteiger partial charge on any atom is 0.242 e. The second-order valence-electron chi connectivity index (χ2n) is 5.93. The smallest absolute Gasteiger partial charge is 0.242 e.